The van der Waals surface area contributed by atoms with Crippen LogP contribution in [0.4, 0.5) is 0 Å². The van der Waals surface area contributed by atoms with Crippen LogP contribution in [0.2, 0.25) is 0 Å². The first-order valence-electron chi connectivity index (χ1n) is 9.97. The van der Waals surface area contributed by atoms with E-state index in [0.29, 0.717) is 16.3 Å². The van der Waals surface area contributed by atoms with Crippen molar-refractivity contribution in [3.8, 4) is 16.8 Å². The van der Waals surface area contributed by atoms with E-state index in [1.54, 1.807) is 15.9 Å². The third kappa shape index (κ3) is 3.37. The molecule has 0 atom stereocenters. The van der Waals surface area contributed by atoms with Crippen molar-refractivity contribution in [2.45, 2.75) is 10.9 Å². The van der Waals surface area contributed by atoms with Crippen molar-refractivity contribution in [1.29, 1.82) is 0 Å². The average molecular weight is 473 g/mol. The standard InChI is InChI=1S/C24H16N4OS3/c29-22-20-19(16-7-3-1-4-8-16)15-31-21(20)26-24(28(22)18-9-5-2-6-10-18)32-14-17-13-27-11-12-30-23(27)25-17/h1-13,15H,14H2. The number of fused-ring (bicyclic) bond motifs is 2. The molecule has 0 radical (unpaired) electrons. The zero-order chi connectivity index (χ0) is 21.5. The van der Waals surface area contributed by atoms with Gasteiger partial charge in [0.1, 0.15) is 4.83 Å². The molecule has 0 aliphatic rings. The van der Waals surface area contributed by atoms with E-state index in [1.165, 1.54) is 23.1 Å². The number of rotatable bonds is 5. The normalized spacial score (nSPS) is 11.5. The zero-order valence-corrected chi connectivity index (χ0v) is 19.2. The number of aromatic nitrogens is 4. The monoisotopic (exact) mass is 472 g/mol. The van der Waals surface area contributed by atoms with Crippen LogP contribution >= 0.6 is 34.4 Å². The lowest BCUT2D eigenvalue weighted by Gasteiger charge is -2.12. The van der Waals surface area contributed by atoms with Crippen molar-refractivity contribution in [2.24, 2.45) is 0 Å². The Balaban J connectivity index is 1.49. The van der Waals surface area contributed by atoms with Gasteiger partial charge in [0, 0.05) is 34.5 Å². The zero-order valence-electron chi connectivity index (χ0n) is 16.7. The van der Waals surface area contributed by atoms with Gasteiger partial charge in [0.15, 0.2) is 10.1 Å². The second-order valence-electron chi connectivity index (χ2n) is 7.18. The van der Waals surface area contributed by atoms with E-state index >= 15 is 0 Å². The largest absolute Gasteiger partial charge is 0.297 e. The van der Waals surface area contributed by atoms with E-state index in [2.05, 4.69) is 4.98 Å². The van der Waals surface area contributed by atoms with Crippen molar-refractivity contribution in [1.82, 2.24) is 18.9 Å². The van der Waals surface area contributed by atoms with E-state index in [4.69, 9.17) is 4.98 Å². The number of imidazole rings is 1. The number of thiazole rings is 1. The van der Waals surface area contributed by atoms with Crippen LogP contribution in [0.1, 0.15) is 5.69 Å². The molecule has 0 unspecified atom stereocenters. The molecule has 0 aliphatic heterocycles. The van der Waals surface area contributed by atoms with Gasteiger partial charge in [-0.05, 0) is 17.7 Å². The third-order valence-corrected chi connectivity index (χ3v) is 7.78. The number of hydrogen-bond acceptors (Lipinski definition) is 6. The van der Waals surface area contributed by atoms with Crippen LogP contribution in [0.25, 0.3) is 32.0 Å². The maximum absolute atomic E-state index is 13.8. The molecule has 6 rings (SSSR count). The molecule has 0 spiro atoms. The maximum atomic E-state index is 13.8. The van der Waals surface area contributed by atoms with Gasteiger partial charge in [0.25, 0.3) is 5.56 Å². The minimum atomic E-state index is -0.0466. The molecule has 32 heavy (non-hydrogen) atoms. The van der Waals surface area contributed by atoms with E-state index in [-0.39, 0.29) is 5.56 Å². The fourth-order valence-corrected chi connectivity index (χ4v) is 6.29. The minimum Gasteiger partial charge on any atom is -0.297 e. The molecule has 0 saturated heterocycles. The molecule has 5 nitrogen and oxygen atoms in total. The van der Waals surface area contributed by atoms with Crippen LogP contribution in [0.3, 0.4) is 0 Å². The summed E-state index contributed by atoms with van der Waals surface area (Å²) in [5.74, 6) is 0.635. The minimum absolute atomic E-state index is 0.0466. The molecular formula is C24H16N4OS3. The van der Waals surface area contributed by atoms with Gasteiger partial charge in [0.05, 0.1) is 16.8 Å². The van der Waals surface area contributed by atoms with Gasteiger partial charge in [-0.15, -0.1) is 22.7 Å². The molecule has 0 fully saturated rings. The highest BCUT2D eigenvalue weighted by Gasteiger charge is 2.19. The van der Waals surface area contributed by atoms with Crippen molar-refractivity contribution in [3.63, 3.8) is 0 Å². The number of hydrogen-bond donors (Lipinski definition) is 0. The molecule has 0 amide bonds. The Morgan fingerprint density at radius 1 is 0.938 bits per heavy atom. The number of thiophene rings is 1. The van der Waals surface area contributed by atoms with Crippen LogP contribution in [-0.2, 0) is 5.75 Å². The fourth-order valence-electron chi connectivity index (χ4n) is 3.69. The molecule has 0 bridgehead atoms. The summed E-state index contributed by atoms with van der Waals surface area (Å²) in [5, 5.41) is 5.38. The summed E-state index contributed by atoms with van der Waals surface area (Å²) in [6, 6.07) is 19.7. The molecule has 156 valence electrons. The second-order valence-corrected chi connectivity index (χ2v) is 9.85. The van der Waals surface area contributed by atoms with Gasteiger partial charge < -0.3 is 0 Å². The molecule has 4 heterocycles. The number of para-hydroxylation sites is 1. The number of thioether (sulfide) groups is 1. The lowest BCUT2D eigenvalue weighted by Crippen LogP contribution is -2.21. The first kappa shape index (κ1) is 19.5. The Hall–Kier alpha value is -3.20. The van der Waals surface area contributed by atoms with Gasteiger partial charge in [-0.25, -0.2) is 9.97 Å². The summed E-state index contributed by atoms with van der Waals surface area (Å²) in [4.78, 5) is 25.1. The second kappa shape index (κ2) is 8.05. The highest BCUT2D eigenvalue weighted by Crippen LogP contribution is 2.33. The van der Waals surface area contributed by atoms with Crippen LogP contribution in [0.15, 0.2) is 93.8 Å². The predicted molar refractivity (Wildman–Crippen MR) is 133 cm³/mol. The Kier molecular flexibility index (Phi) is 4.90. The summed E-state index contributed by atoms with van der Waals surface area (Å²) < 4.78 is 3.75. The summed E-state index contributed by atoms with van der Waals surface area (Å²) >= 11 is 4.66. The molecule has 8 heteroatoms. The Labute approximate surface area is 195 Å². The quantitative estimate of drug-likeness (QED) is 0.224. The predicted octanol–water partition coefficient (Wildman–Crippen LogP) is 6.12. The molecule has 2 aromatic carbocycles. The van der Waals surface area contributed by atoms with Gasteiger partial charge in [-0.1, -0.05) is 60.3 Å². The van der Waals surface area contributed by atoms with E-state index < -0.39 is 0 Å². The number of nitrogens with zero attached hydrogens (tertiary/aromatic N) is 4. The van der Waals surface area contributed by atoms with Crippen molar-refractivity contribution < 1.29 is 0 Å². The molecule has 4 aromatic heterocycles. The Morgan fingerprint density at radius 2 is 1.72 bits per heavy atom. The van der Waals surface area contributed by atoms with Crippen molar-refractivity contribution >= 4 is 49.6 Å². The van der Waals surface area contributed by atoms with E-state index in [9.17, 15) is 4.79 Å². The van der Waals surface area contributed by atoms with Crippen LogP contribution in [0.5, 0.6) is 0 Å². The highest BCUT2D eigenvalue weighted by molar-refractivity contribution is 7.98. The SMILES string of the molecule is O=c1c2c(-c3ccccc3)csc2nc(SCc2cn3ccsc3n2)n1-c1ccccc1. The fraction of sp³-hybridized carbons (Fsp3) is 0.0417. The van der Waals surface area contributed by atoms with Gasteiger partial charge >= 0.3 is 0 Å². The first-order chi connectivity index (χ1) is 15.8. The summed E-state index contributed by atoms with van der Waals surface area (Å²) in [6.45, 7) is 0. The Bertz CT molecular complexity index is 1570. The molecule has 6 aromatic rings. The van der Waals surface area contributed by atoms with Crippen LogP contribution in [0, 0.1) is 0 Å². The van der Waals surface area contributed by atoms with Gasteiger partial charge in [0.2, 0.25) is 0 Å². The summed E-state index contributed by atoms with van der Waals surface area (Å²) in [6.07, 6.45) is 4.03. The smallest absolute Gasteiger partial charge is 0.268 e. The number of benzene rings is 2. The van der Waals surface area contributed by atoms with Crippen molar-refractivity contribution in [3.05, 3.63) is 99.9 Å². The van der Waals surface area contributed by atoms with E-state index in [0.717, 1.165) is 32.3 Å². The van der Waals surface area contributed by atoms with Crippen LogP contribution < -0.4 is 5.56 Å². The first-order valence-corrected chi connectivity index (χ1v) is 12.7. The average Bonchev–Trinajstić information content (AvgIpc) is 3.54. The van der Waals surface area contributed by atoms with Gasteiger partial charge in [-0.3, -0.25) is 13.8 Å². The topological polar surface area (TPSA) is 52.2 Å². The summed E-state index contributed by atoms with van der Waals surface area (Å²) in [5.41, 5.74) is 3.68. The highest BCUT2D eigenvalue weighted by atomic mass is 32.2. The lowest BCUT2D eigenvalue weighted by molar-refractivity contribution is 0.822. The van der Waals surface area contributed by atoms with E-state index in [1.807, 2.05) is 88.2 Å². The molecular weight excluding hydrogens is 456 g/mol. The lowest BCUT2D eigenvalue weighted by atomic mass is 10.1. The third-order valence-electron chi connectivity index (χ3n) is 5.17. The molecule has 0 saturated carbocycles. The van der Waals surface area contributed by atoms with Crippen molar-refractivity contribution in [2.75, 3.05) is 0 Å². The Morgan fingerprint density at radius 3 is 2.50 bits per heavy atom. The van der Waals surface area contributed by atoms with Crippen LogP contribution in [-0.4, -0.2) is 18.9 Å². The van der Waals surface area contributed by atoms with Gasteiger partial charge in [-0.2, -0.15) is 0 Å². The summed E-state index contributed by atoms with van der Waals surface area (Å²) in [7, 11) is 0. The molecule has 0 aliphatic carbocycles. The molecule has 0 N–H and O–H groups in total. The maximum Gasteiger partial charge on any atom is 0.268 e.